The minimum Gasteiger partial charge on any atom is -0.469 e. The van der Waals surface area contributed by atoms with Crippen molar-refractivity contribution in [3.63, 3.8) is 0 Å². The van der Waals surface area contributed by atoms with Crippen molar-refractivity contribution in [3.05, 3.63) is 0 Å². The Morgan fingerprint density at radius 2 is 1.44 bits per heavy atom. The Morgan fingerprint density at radius 3 is 1.75 bits per heavy atom. The van der Waals surface area contributed by atoms with Crippen molar-refractivity contribution in [2.75, 3.05) is 26.7 Å². The van der Waals surface area contributed by atoms with Crippen molar-refractivity contribution in [2.24, 2.45) is 17.8 Å². The van der Waals surface area contributed by atoms with Gasteiger partial charge in [0.15, 0.2) is 0 Å². The minimum absolute atomic E-state index is 0.0394. The second kappa shape index (κ2) is 7.66. The summed E-state index contributed by atoms with van der Waals surface area (Å²) in [7, 11) is 1.45. The SMILES string of the molecule is COC(=O)C(C)CN(CC(C)C)CC(C)C. The lowest BCUT2D eigenvalue weighted by molar-refractivity contribution is -0.145. The number of ether oxygens (including phenoxy) is 1. The quantitative estimate of drug-likeness (QED) is 0.628. The average Bonchev–Trinajstić information content (AvgIpc) is 2.14. The molecule has 0 aromatic carbocycles. The molecule has 0 aromatic rings. The first-order valence-electron chi connectivity index (χ1n) is 6.17. The zero-order valence-electron chi connectivity index (χ0n) is 11.6. The smallest absolute Gasteiger partial charge is 0.309 e. The van der Waals surface area contributed by atoms with Crippen LogP contribution < -0.4 is 0 Å². The number of carbonyl (C=O) groups excluding carboxylic acids is 1. The highest BCUT2D eigenvalue weighted by atomic mass is 16.5. The molecule has 0 fully saturated rings. The molecule has 0 aliphatic rings. The molecule has 1 atom stereocenters. The Labute approximate surface area is 100 Å². The van der Waals surface area contributed by atoms with Crippen molar-refractivity contribution in [3.8, 4) is 0 Å². The molecule has 0 aliphatic carbocycles. The van der Waals surface area contributed by atoms with Crippen LogP contribution in [0.2, 0.25) is 0 Å². The lowest BCUT2D eigenvalue weighted by Gasteiger charge is -2.27. The third kappa shape index (κ3) is 6.83. The molecule has 96 valence electrons. The Bertz CT molecular complexity index is 192. The fraction of sp³-hybridized carbons (Fsp3) is 0.923. The summed E-state index contributed by atoms with van der Waals surface area (Å²) in [6, 6.07) is 0. The topological polar surface area (TPSA) is 29.5 Å². The third-order valence-corrected chi connectivity index (χ3v) is 2.38. The van der Waals surface area contributed by atoms with E-state index < -0.39 is 0 Å². The van der Waals surface area contributed by atoms with Gasteiger partial charge in [-0.15, -0.1) is 0 Å². The summed E-state index contributed by atoms with van der Waals surface area (Å²) in [6.45, 7) is 13.6. The molecule has 0 aromatic heterocycles. The monoisotopic (exact) mass is 229 g/mol. The van der Waals surface area contributed by atoms with Gasteiger partial charge in [0.05, 0.1) is 13.0 Å². The molecule has 0 saturated carbocycles. The lowest BCUT2D eigenvalue weighted by atomic mass is 10.1. The maximum absolute atomic E-state index is 11.4. The summed E-state index contributed by atoms with van der Waals surface area (Å²) >= 11 is 0. The highest BCUT2D eigenvalue weighted by molar-refractivity contribution is 5.72. The molecule has 16 heavy (non-hydrogen) atoms. The van der Waals surface area contributed by atoms with Crippen molar-refractivity contribution in [2.45, 2.75) is 34.6 Å². The molecular formula is C13H27NO2. The summed E-state index contributed by atoms with van der Waals surface area (Å²) in [5.41, 5.74) is 0. The average molecular weight is 229 g/mol. The summed E-state index contributed by atoms with van der Waals surface area (Å²) in [5.74, 6) is 1.10. The second-order valence-electron chi connectivity index (χ2n) is 5.43. The molecule has 1 unspecified atom stereocenters. The van der Waals surface area contributed by atoms with Gasteiger partial charge in [0.1, 0.15) is 0 Å². The van der Waals surface area contributed by atoms with Gasteiger partial charge in [0.2, 0.25) is 0 Å². The molecule has 0 rings (SSSR count). The fourth-order valence-electron chi connectivity index (χ4n) is 1.92. The molecule has 0 heterocycles. The van der Waals surface area contributed by atoms with E-state index in [1.165, 1.54) is 7.11 Å². The van der Waals surface area contributed by atoms with Crippen molar-refractivity contribution in [1.29, 1.82) is 0 Å². The van der Waals surface area contributed by atoms with E-state index in [2.05, 4.69) is 32.6 Å². The van der Waals surface area contributed by atoms with Crippen molar-refractivity contribution in [1.82, 2.24) is 4.90 Å². The molecule has 3 nitrogen and oxygen atoms in total. The molecule has 0 spiro atoms. The van der Waals surface area contributed by atoms with Gasteiger partial charge in [-0.05, 0) is 11.8 Å². The highest BCUT2D eigenvalue weighted by Gasteiger charge is 2.18. The Balaban J connectivity index is 4.24. The molecule has 0 radical (unpaired) electrons. The number of nitrogens with zero attached hydrogens (tertiary/aromatic N) is 1. The zero-order chi connectivity index (χ0) is 12.7. The van der Waals surface area contributed by atoms with Crippen LogP contribution >= 0.6 is 0 Å². The minimum atomic E-state index is -0.113. The van der Waals surface area contributed by atoms with Crippen LogP contribution in [0.25, 0.3) is 0 Å². The molecule has 0 aliphatic heterocycles. The maximum Gasteiger partial charge on any atom is 0.309 e. The van der Waals surface area contributed by atoms with Crippen LogP contribution in [0.15, 0.2) is 0 Å². The first-order valence-corrected chi connectivity index (χ1v) is 6.17. The molecular weight excluding hydrogens is 202 g/mol. The van der Waals surface area contributed by atoms with Gasteiger partial charge >= 0.3 is 5.97 Å². The number of methoxy groups -OCH3 is 1. The summed E-state index contributed by atoms with van der Waals surface area (Å²) in [5, 5.41) is 0. The molecule has 0 amide bonds. The number of rotatable bonds is 7. The van der Waals surface area contributed by atoms with E-state index >= 15 is 0 Å². The molecule has 0 bridgehead atoms. The number of hydrogen-bond donors (Lipinski definition) is 0. The first kappa shape index (κ1) is 15.4. The number of hydrogen-bond acceptors (Lipinski definition) is 3. The molecule has 0 saturated heterocycles. The Morgan fingerprint density at radius 1 is 1.00 bits per heavy atom. The van der Waals surface area contributed by atoms with E-state index in [1.54, 1.807) is 0 Å². The van der Waals surface area contributed by atoms with Gasteiger partial charge in [-0.2, -0.15) is 0 Å². The molecule has 3 heteroatoms. The van der Waals surface area contributed by atoms with E-state index in [1.807, 2.05) is 6.92 Å². The van der Waals surface area contributed by atoms with Gasteiger partial charge in [-0.1, -0.05) is 34.6 Å². The van der Waals surface area contributed by atoms with Crippen molar-refractivity contribution >= 4 is 5.97 Å². The van der Waals surface area contributed by atoms with Gasteiger partial charge in [-0.3, -0.25) is 4.79 Å². The van der Waals surface area contributed by atoms with Gasteiger partial charge in [-0.25, -0.2) is 0 Å². The Kier molecular flexibility index (Phi) is 7.39. The van der Waals surface area contributed by atoms with E-state index in [-0.39, 0.29) is 11.9 Å². The van der Waals surface area contributed by atoms with Gasteiger partial charge < -0.3 is 9.64 Å². The normalized spacial score (nSPS) is 13.6. The first-order chi connectivity index (χ1) is 7.36. The number of carbonyl (C=O) groups is 1. The predicted octanol–water partition coefficient (Wildman–Crippen LogP) is 2.41. The lowest BCUT2D eigenvalue weighted by Crippen LogP contribution is -2.37. The van der Waals surface area contributed by atoms with Crippen LogP contribution in [0, 0.1) is 17.8 Å². The van der Waals surface area contributed by atoms with Crippen LogP contribution in [-0.2, 0) is 9.53 Å². The van der Waals surface area contributed by atoms with Crippen LogP contribution in [0.5, 0.6) is 0 Å². The van der Waals surface area contributed by atoms with E-state index in [0.29, 0.717) is 11.8 Å². The van der Waals surface area contributed by atoms with Crippen LogP contribution in [0.4, 0.5) is 0 Å². The fourth-order valence-corrected chi connectivity index (χ4v) is 1.92. The van der Waals surface area contributed by atoms with Crippen LogP contribution in [-0.4, -0.2) is 37.6 Å². The van der Waals surface area contributed by atoms with Crippen LogP contribution in [0.3, 0.4) is 0 Å². The largest absolute Gasteiger partial charge is 0.469 e. The maximum atomic E-state index is 11.4. The van der Waals surface area contributed by atoms with Crippen molar-refractivity contribution < 1.29 is 9.53 Å². The molecule has 0 N–H and O–H groups in total. The van der Waals surface area contributed by atoms with Gasteiger partial charge in [0.25, 0.3) is 0 Å². The Hall–Kier alpha value is -0.570. The predicted molar refractivity (Wildman–Crippen MR) is 67.3 cm³/mol. The third-order valence-electron chi connectivity index (χ3n) is 2.38. The van der Waals surface area contributed by atoms with E-state index in [0.717, 1.165) is 19.6 Å². The summed E-state index contributed by atoms with van der Waals surface area (Å²) in [6.07, 6.45) is 0. The van der Waals surface area contributed by atoms with Gasteiger partial charge in [0, 0.05) is 19.6 Å². The summed E-state index contributed by atoms with van der Waals surface area (Å²) in [4.78, 5) is 13.7. The standard InChI is InChI=1S/C13H27NO2/c1-10(2)7-14(8-11(3)4)9-12(5)13(15)16-6/h10-12H,7-9H2,1-6H3. The summed E-state index contributed by atoms with van der Waals surface area (Å²) < 4.78 is 4.76. The van der Waals surface area contributed by atoms with E-state index in [9.17, 15) is 4.79 Å². The zero-order valence-corrected chi connectivity index (χ0v) is 11.6. The highest BCUT2D eigenvalue weighted by Crippen LogP contribution is 2.08. The number of esters is 1. The van der Waals surface area contributed by atoms with E-state index in [4.69, 9.17) is 4.74 Å². The second-order valence-corrected chi connectivity index (χ2v) is 5.43. The van der Waals surface area contributed by atoms with Crippen LogP contribution in [0.1, 0.15) is 34.6 Å².